The minimum atomic E-state index is -0.129. The fraction of sp³-hybridized carbons (Fsp3) is 0.286. The molecule has 0 radical (unpaired) electrons. The van der Waals surface area contributed by atoms with Crippen LogP contribution < -0.4 is 10.6 Å². The second-order valence-corrected chi connectivity index (χ2v) is 10.1. The van der Waals surface area contributed by atoms with E-state index in [9.17, 15) is 4.79 Å². The van der Waals surface area contributed by atoms with E-state index in [0.717, 1.165) is 52.9 Å². The fourth-order valence-corrected chi connectivity index (χ4v) is 4.98. The van der Waals surface area contributed by atoms with E-state index >= 15 is 0 Å². The SMILES string of the molecule is CCc1cc2c(cc1C)nc(NCc1ccn(C)n1)c1ncc(-c3ccc(C(=O)NC4CC4)c(Cl)c3)n12. The maximum Gasteiger partial charge on any atom is 0.253 e. The third kappa shape index (κ3) is 4.42. The van der Waals surface area contributed by atoms with Crippen LogP contribution in [0.2, 0.25) is 5.02 Å². The lowest BCUT2D eigenvalue weighted by Gasteiger charge is -2.14. The topological polar surface area (TPSA) is 89.1 Å². The molecular formula is C28H28ClN7O. The molecule has 9 heteroatoms. The van der Waals surface area contributed by atoms with Crippen LogP contribution in [-0.4, -0.2) is 36.1 Å². The molecule has 1 aliphatic rings. The number of hydrogen-bond donors (Lipinski definition) is 2. The minimum Gasteiger partial charge on any atom is -0.361 e. The Morgan fingerprint density at radius 3 is 2.73 bits per heavy atom. The average Bonchev–Trinajstić information content (AvgIpc) is 3.41. The number of amides is 1. The van der Waals surface area contributed by atoms with Gasteiger partial charge in [-0.2, -0.15) is 5.10 Å². The molecule has 0 atom stereocenters. The van der Waals surface area contributed by atoms with Crippen molar-refractivity contribution in [2.24, 2.45) is 7.05 Å². The summed E-state index contributed by atoms with van der Waals surface area (Å²) in [7, 11) is 1.90. The van der Waals surface area contributed by atoms with Crippen molar-refractivity contribution in [3.63, 3.8) is 0 Å². The molecule has 0 bridgehead atoms. The second-order valence-electron chi connectivity index (χ2n) is 9.66. The summed E-state index contributed by atoms with van der Waals surface area (Å²) < 4.78 is 3.90. The lowest BCUT2D eigenvalue weighted by Crippen LogP contribution is -2.25. The molecule has 0 spiro atoms. The highest BCUT2D eigenvalue weighted by molar-refractivity contribution is 6.34. The number of rotatable bonds is 7. The summed E-state index contributed by atoms with van der Waals surface area (Å²) in [4.78, 5) is 22.3. The molecular weight excluding hydrogens is 486 g/mol. The van der Waals surface area contributed by atoms with E-state index in [1.54, 1.807) is 10.7 Å². The van der Waals surface area contributed by atoms with Gasteiger partial charge in [0.25, 0.3) is 5.91 Å². The normalized spacial score (nSPS) is 13.4. The minimum absolute atomic E-state index is 0.129. The van der Waals surface area contributed by atoms with E-state index in [2.05, 4.69) is 46.1 Å². The molecule has 2 aromatic carbocycles. The van der Waals surface area contributed by atoms with Gasteiger partial charge in [0, 0.05) is 24.8 Å². The quantitative estimate of drug-likeness (QED) is 0.308. The van der Waals surface area contributed by atoms with Crippen LogP contribution >= 0.6 is 11.6 Å². The van der Waals surface area contributed by atoms with Gasteiger partial charge in [-0.05, 0) is 67.6 Å². The Labute approximate surface area is 219 Å². The first-order valence-corrected chi connectivity index (χ1v) is 12.9. The van der Waals surface area contributed by atoms with Gasteiger partial charge in [-0.15, -0.1) is 0 Å². The predicted molar refractivity (Wildman–Crippen MR) is 146 cm³/mol. The molecule has 1 aliphatic carbocycles. The number of nitrogens with one attached hydrogen (secondary N) is 2. The van der Waals surface area contributed by atoms with Crippen LogP contribution in [0.25, 0.3) is 27.9 Å². The molecule has 188 valence electrons. The lowest BCUT2D eigenvalue weighted by atomic mass is 10.0. The highest BCUT2D eigenvalue weighted by Gasteiger charge is 2.25. The van der Waals surface area contributed by atoms with E-state index < -0.39 is 0 Å². The van der Waals surface area contributed by atoms with Crippen LogP contribution in [0.15, 0.2) is 48.8 Å². The zero-order valence-corrected chi connectivity index (χ0v) is 21.8. The van der Waals surface area contributed by atoms with E-state index in [1.165, 1.54) is 11.1 Å². The molecule has 2 N–H and O–H groups in total. The summed E-state index contributed by atoms with van der Waals surface area (Å²) in [5.41, 5.74) is 8.18. The van der Waals surface area contributed by atoms with Crippen molar-refractivity contribution >= 4 is 40.0 Å². The van der Waals surface area contributed by atoms with Crippen molar-refractivity contribution in [1.29, 1.82) is 0 Å². The van der Waals surface area contributed by atoms with Crippen LogP contribution in [0.1, 0.15) is 46.9 Å². The molecule has 0 saturated heterocycles. The summed E-state index contributed by atoms with van der Waals surface area (Å²) in [6.45, 7) is 4.80. The smallest absolute Gasteiger partial charge is 0.253 e. The first-order valence-electron chi connectivity index (χ1n) is 12.5. The first-order chi connectivity index (χ1) is 17.9. The molecule has 1 amide bonds. The van der Waals surface area contributed by atoms with E-state index in [1.807, 2.05) is 37.6 Å². The largest absolute Gasteiger partial charge is 0.361 e. The van der Waals surface area contributed by atoms with Gasteiger partial charge in [-0.25, -0.2) is 9.97 Å². The van der Waals surface area contributed by atoms with Crippen LogP contribution in [-0.2, 0) is 20.0 Å². The zero-order valence-electron chi connectivity index (χ0n) is 21.0. The third-order valence-electron chi connectivity index (χ3n) is 6.89. The maximum absolute atomic E-state index is 12.6. The molecule has 6 rings (SSSR count). The molecule has 1 saturated carbocycles. The van der Waals surface area contributed by atoms with E-state index in [-0.39, 0.29) is 11.9 Å². The van der Waals surface area contributed by atoms with Crippen molar-refractivity contribution in [3.05, 3.63) is 76.2 Å². The van der Waals surface area contributed by atoms with Crippen molar-refractivity contribution in [3.8, 4) is 11.3 Å². The van der Waals surface area contributed by atoms with Crippen molar-refractivity contribution < 1.29 is 4.79 Å². The standard InChI is InChI=1S/C28H28ClN7O/c1-4-17-13-24-23(11-16(17)2)33-26(30-14-20-9-10-35(3)34-20)27-31-15-25(36(24)27)18-5-8-21(22(29)12-18)28(37)32-19-6-7-19/h5,8-13,15,19H,4,6-7,14H2,1-3H3,(H,30,33)(H,32,37). The first kappa shape index (κ1) is 23.5. The monoisotopic (exact) mass is 513 g/mol. The number of hydrogen-bond acceptors (Lipinski definition) is 5. The molecule has 3 heterocycles. The highest BCUT2D eigenvalue weighted by atomic mass is 35.5. The van der Waals surface area contributed by atoms with E-state index in [0.29, 0.717) is 22.9 Å². The summed E-state index contributed by atoms with van der Waals surface area (Å²) in [6.07, 6.45) is 6.73. The summed E-state index contributed by atoms with van der Waals surface area (Å²) in [6, 6.07) is 12.1. The summed E-state index contributed by atoms with van der Waals surface area (Å²) >= 11 is 6.61. The molecule has 8 nitrogen and oxygen atoms in total. The number of aromatic nitrogens is 5. The van der Waals surface area contributed by atoms with Gasteiger partial charge < -0.3 is 10.6 Å². The zero-order chi connectivity index (χ0) is 25.7. The summed E-state index contributed by atoms with van der Waals surface area (Å²) in [5, 5.41) is 11.3. The molecule has 3 aromatic heterocycles. The Kier molecular flexibility index (Phi) is 5.83. The number of carbonyl (C=O) groups excluding carboxylic acids is 1. The van der Waals surface area contributed by atoms with Gasteiger partial charge in [-0.3, -0.25) is 13.9 Å². The van der Waals surface area contributed by atoms with Gasteiger partial charge in [-0.1, -0.05) is 24.6 Å². The van der Waals surface area contributed by atoms with Gasteiger partial charge >= 0.3 is 0 Å². The lowest BCUT2D eigenvalue weighted by molar-refractivity contribution is 0.0951. The fourth-order valence-electron chi connectivity index (χ4n) is 4.71. The Bertz CT molecular complexity index is 1660. The number of benzene rings is 2. The van der Waals surface area contributed by atoms with Gasteiger partial charge in [0.15, 0.2) is 11.5 Å². The molecule has 37 heavy (non-hydrogen) atoms. The average molecular weight is 514 g/mol. The third-order valence-corrected chi connectivity index (χ3v) is 7.20. The van der Waals surface area contributed by atoms with Crippen LogP contribution in [0.4, 0.5) is 5.82 Å². The number of imidazole rings is 1. The van der Waals surface area contributed by atoms with Crippen molar-refractivity contribution in [1.82, 2.24) is 29.5 Å². The Hall–Kier alpha value is -3.91. The van der Waals surface area contributed by atoms with Crippen LogP contribution in [0, 0.1) is 6.92 Å². The van der Waals surface area contributed by atoms with Gasteiger partial charge in [0.2, 0.25) is 0 Å². The second kappa shape index (κ2) is 9.19. The number of anilines is 1. The number of aryl methyl sites for hydroxylation is 3. The molecule has 5 aromatic rings. The Morgan fingerprint density at radius 2 is 2.03 bits per heavy atom. The maximum atomic E-state index is 12.6. The van der Waals surface area contributed by atoms with Crippen LogP contribution in [0.5, 0.6) is 0 Å². The number of halogens is 1. The Morgan fingerprint density at radius 1 is 1.19 bits per heavy atom. The van der Waals surface area contributed by atoms with Gasteiger partial charge in [0.1, 0.15) is 0 Å². The predicted octanol–water partition coefficient (Wildman–Crippen LogP) is 5.31. The number of carbonyl (C=O) groups is 1. The molecule has 1 fully saturated rings. The van der Waals surface area contributed by atoms with Crippen molar-refractivity contribution in [2.45, 2.75) is 45.7 Å². The van der Waals surface area contributed by atoms with Crippen LogP contribution in [0.3, 0.4) is 0 Å². The van der Waals surface area contributed by atoms with Gasteiger partial charge in [0.05, 0.1) is 45.7 Å². The Balaban J connectivity index is 1.47. The van der Waals surface area contributed by atoms with Crippen molar-refractivity contribution in [2.75, 3.05) is 5.32 Å². The molecule has 0 unspecified atom stereocenters. The number of nitrogens with zero attached hydrogens (tertiary/aromatic N) is 5. The number of fused-ring (bicyclic) bond motifs is 3. The van der Waals surface area contributed by atoms with E-state index in [4.69, 9.17) is 21.6 Å². The highest BCUT2D eigenvalue weighted by Crippen LogP contribution is 2.32. The molecule has 0 aliphatic heterocycles. The summed E-state index contributed by atoms with van der Waals surface area (Å²) in [5.74, 6) is 0.551.